The first kappa shape index (κ1) is 25.7. The molecule has 10 heteroatoms. The summed E-state index contributed by atoms with van der Waals surface area (Å²) in [4.78, 5) is 26.4. The molecule has 2 spiro atoms. The molecule has 35 heavy (non-hydrogen) atoms. The van der Waals surface area contributed by atoms with E-state index in [1.54, 1.807) is 11.3 Å². The van der Waals surface area contributed by atoms with Crippen LogP contribution in [0.25, 0.3) is 0 Å². The summed E-state index contributed by atoms with van der Waals surface area (Å²) in [6, 6.07) is 12.7. The van der Waals surface area contributed by atoms with Gasteiger partial charge < -0.3 is 14.7 Å². The second-order valence-corrected chi connectivity index (χ2v) is 10.4. The van der Waals surface area contributed by atoms with Crippen molar-refractivity contribution in [3.63, 3.8) is 0 Å². The molecule has 0 bridgehead atoms. The van der Waals surface area contributed by atoms with Gasteiger partial charge in [-0.2, -0.15) is 24.5 Å². The van der Waals surface area contributed by atoms with Crippen LogP contribution >= 0.6 is 11.3 Å². The molecule has 0 radical (unpaired) electrons. The molecule has 1 N–H and O–H groups in total. The van der Waals surface area contributed by atoms with E-state index in [0.717, 1.165) is 70.8 Å². The standard InChI is InChI=1S/C23H28N2O2S.C2HF3O2/c26-21(20-6-13-28-15-20)25-10-7-22(8-11-25)16-24(14-19-4-2-1-3-5-19)17-23(22)9-12-27-18-23;3-2(4,5)1(6)7/h1-6,13,15H,7-12,14,16-18H2;(H,6,7). The number of rotatable bonds is 3. The van der Waals surface area contributed by atoms with Crippen molar-refractivity contribution in [1.82, 2.24) is 9.80 Å². The quantitative estimate of drug-likeness (QED) is 0.657. The Balaban J connectivity index is 0.000000364. The summed E-state index contributed by atoms with van der Waals surface area (Å²) in [6.45, 7) is 6.79. The summed E-state index contributed by atoms with van der Waals surface area (Å²) < 4.78 is 37.7. The van der Waals surface area contributed by atoms with E-state index in [9.17, 15) is 18.0 Å². The molecule has 190 valence electrons. The molecule has 0 aliphatic carbocycles. The van der Waals surface area contributed by atoms with Gasteiger partial charge in [0.25, 0.3) is 5.91 Å². The van der Waals surface area contributed by atoms with Gasteiger partial charge in [-0.15, -0.1) is 0 Å². The van der Waals surface area contributed by atoms with Crippen molar-refractivity contribution < 1.29 is 32.6 Å². The van der Waals surface area contributed by atoms with Crippen LogP contribution in [-0.4, -0.2) is 72.4 Å². The molecule has 1 atom stereocenters. The number of carboxylic acid groups (broad SMARTS) is 1. The zero-order valence-electron chi connectivity index (χ0n) is 19.3. The van der Waals surface area contributed by atoms with E-state index in [-0.39, 0.29) is 16.7 Å². The van der Waals surface area contributed by atoms with Crippen LogP contribution in [0.5, 0.6) is 0 Å². The van der Waals surface area contributed by atoms with Crippen LogP contribution < -0.4 is 0 Å². The molecule has 1 unspecified atom stereocenters. The molecule has 1 amide bonds. The van der Waals surface area contributed by atoms with Crippen molar-refractivity contribution in [2.24, 2.45) is 10.8 Å². The maximum Gasteiger partial charge on any atom is 0.490 e. The Morgan fingerprint density at radius 3 is 2.23 bits per heavy atom. The average Bonchev–Trinajstić information content (AvgIpc) is 3.57. The zero-order chi connectivity index (χ0) is 25.1. The van der Waals surface area contributed by atoms with E-state index in [2.05, 4.69) is 40.1 Å². The number of nitrogens with zero attached hydrogens (tertiary/aromatic N) is 2. The highest BCUT2D eigenvalue weighted by Crippen LogP contribution is 2.57. The Morgan fingerprint density at radius 2 is 1.69 bits per heavy atom. The van der Waals surface area contributed by atoms with Gasteiger partial charge in [0.2, 0.25) is 0 Å². The SMILES string of the molecule is O=C(O)C(F)(F)F.O=C(c1ccsc1)N1CCC2(CC1)CN(Cc1ccccc1)CC21CCOC1. The summed E-state index contributed by atoms with van der Waals surface area (Å²) in [5, 5.41) is 11.1. The van der Waals surface area contributed by atoms with Crippen LogP contribution in [0.4, 0.5) is 13.2 Å². The van der Waals surface area contributed by atoms with Gasteiger partial charge >= 0.3 is 12.1 Å². The molecule has 0 saturated carbocycles. The fraction of sp³-hybridized carbons (Fsp3) is 0.520. The molecule has 1 aromatic carbocycles. The highest BCUT2D eigenvalue weighted by atomic mass is 32.1. The molecule has 4 heterocycles. The topological polar surface area (TPSA) is 70.1 Å². The maximum absolute atomic E-state index is 12.8. The largest absolute Gasteiger partial charge is 0.490 e. The fourth-order valence-electron chi connectivity index (χ4n) is 5.75. The van der Waals surface area contributed by atoms with E-state index >= 15 is 0 Å². The number of halogens is 3. The number of carbonyl (C=O) groups excluding carboxylic acids is 1. The first-order valence-corrected chi connectivity index (χ1v) is 12.5. The Hall–Kier alpha value is -2.43. The van der Waals surface area contributed by atoms with Crippen LogP contribution in [0.3, 0.4) is 0 Å². The van der Waals surface area contributed by atoms with Gasteiger partial charge in [0.15, 0.2) is 0 Å². The molecule has 5 rings (SSSR count). The van der Waals surface area contributed by atoms with Gasteiger partial charge in [0.1, 0.15) is 0 Å². The molecule has 1 aromatic heterocycles. The summed E-state index contributed by atoms with van der Waals surface area (Å²) >= 11 is 1.60. The van der Waals surface area contributed by atoms with E-state index in [4.69, 9.17) is 14.6 Å². The second kappa shape index (κ2) is 10.3. The summed E-state index contributed by atoms with van der Waals surface area (Å²) in [6.07, 6.45) is -1.73. The van der Waals surface area contributed by atoms with Crippen LogP contribution in [0.15, 0.2) is 47.2 Å². The van der Waals surface area contributed by atoms with Gasteiger partial charge in [0, 0.05) is 50.1 Å². The number of ether oxygens (including phenoxy) is 1. The van der Waals surface area contributed by atoms with E-state index < -0.39 is 12.1 Å². The smallest absolute Gasteiger partial charge is 0.475 e. The minimum Gasteiger partial charge on any atom is -0.475 e. The highest BCUT2D eigenvalue weighted by molar-refractivity contribution is 7.08. The molecular weight excluding hydrogens is 481 g/mol. The molecule has 6 nitrogen and oxygen atoms in total. The van der Waals surface area contributed by atoms with E-state index in [1.807, 2.05) is 16.8 Å². The lowest BCUT2D eigenvalue weighted by atomic mass is 9.60. The lowest BCUT2D eigenvalue weighted by molar-refractivity contribution is -0.192. The Bertz CT molecular complexity index is 999. The number of carboxylic acids is 1. The Morgan fingerprint density at radius 1 is 1.03 bits per heavy atom. The highest BCUT2D eigenvalue weighted by Gasteiger charge is 2.59. The van der Waals surface area contributed by atoms with Gasteiger partial charge in [-0.1, -0.05) is 30.3 Å². The number of hydrogen-bond donors (Lipinski definition) is 1. The molecule has 2 aromatic rings. The summed E-state index contributed by atoms with van der Waals surface area (Å²) in [5.74, 6) is -2.56. The number of carbonyl (C=O) groups is 2. The van der Waals surface area contributed by atoms with Crippen molar-refractivity contribution in [2.45, 2.75) is 32.0 Å². The first-order chi connectivity index (χ1) is 16.6. The maximum atomic E-state index is 12.8. The monoisotopic (exact) mass is 510 g/mol. The van der Waals surface area contributed by atoms with Gasteiger partial charge in [-0.05, 0) is 41.7 Å². The van der Waals surface area contributed by atoms with Crippen molar-refractivity contribution in [3.8, 4) is 0 Å². The third kappa shape index (κ3) is 5.54. The molecule has 3 saturated heterocycles. The summed E-state index contributed by atoms with van der Waals surface area (Å²) in [7, 11) is 0. The lowest BCUT2D eigenvalue weighted by Crippen LogP contribution is -2.51. The number of amides is 1. The fourth-order valence-corrected chi connectivity index (χ4v) is 6.38. The Kier molecular flexibility index (Phi) is 7.54. The molecule has 3 fully saturated rings. The van der Waals surface area contributed by atoms with E-state index in [1.165, 1.54) is 5.56 Å². The van der Waals surface area contributed by atoms with E-state index in [0.29, 0.717) is 0 Å². The minimum atomic E-state index is -5.08. The predicted octanol–water partition coefficient (Wildman–Crippen LogP) is 4.53. The van der Waals surface area contributed by atoms with Crippen molar-refractivity contribution >= 4 is 23.2 Å². The third-order valence-corrected chi connectivity index (χ3v) is 8.23. The van der Waals surface area contributed by atoms with Crippen LogP contribution in [0.2, 0.25) is 0 Å². The van der Waals surface area contributed by atoms with Gasteiger partial charge in [-0.25, -0.2) is 4.79 Å². The number of benzene rings is 1. The molecule has 3 aliphatic heterocycles. The number of thiophene rings is 1. The normalized spacial score (nSPS) is 23.9. The van der Waals surface area contributed by atoms with Crippen LogP contribution in [0, 0.1) is 10.8 Å². The minimum absolute atomic E-state index is 0.201. The number of fused-ring (bicyclic) bond motifs is 1. The van der Waals surface area contributed by atoms with Crippen LogP contribution in [0.1, 0.15) is 35.2 Å². The van der Waals surface area contributed by atoms with Crippen LogP contribution in [-0.2, 0) is 16.1 Å². The van der Waals surface area contributed by atoms with Gasteiger partial charge in [-0.3, -0.25) is 9.69 Å². The second-order valence-electron chi connectivity index (χ2n) is 9.60. The first-order valence-electron chi connectivity index (χ1n) is 11.6. The number of likely N-dealkylation sites (tertiary alicyclic amines) is 2. The number of hydrogen-bond acceptors (Lipinski definition) is 5. The van der Waals surface area contributed by atoms with Crippen molar-refractivity contribution in [2.75, 3.05) is 39.4 Å². The van der Waals surface area contributed by atoms with Crippen molar-refractivity contribution in [1.29, 1.82) is 0 Å². The number of alkyl halides is 3. The predicted molar refractivity (Wildman–Crippen MR) is 125 cm³/mol. The Labute approximate surface area is 206 Å². The number of aliphatic carboxylic acids is 1. The van der Waals surface area contributed by atoms with Gasteiger partial charge in [0.05, 0.1) is 12.2 Å². The number of piperidine rings is 1. The average molecular weight is 511 g/mol. The summed E-state index contributed by atoms with van der Waals surface area (Å²) in [5.41, 5.74) is 2.78. The zero-order valence-corrected chi connectivity index (χ0v) is 20.1. The molecular formula is C25H29F3N2O4S. The third-order valence-electron chi connectivity index (χ3n) is 7.55. The lowest BCUT2D eigenvalue weighted by Gasteiger charge is -2.47. The molecule has 3 aliphatic rings. The van der Waals surface area contributed by atoms with Crippen molar-refractivity contribution in [3.05, 3.63) is 58.3 Å².